The van der Waals surface area contributed by atoms with Crippen LogP contribution in [0.25, 0.3) is 0 Å². The highest BCUT2D eigenvalue weighted by Crippen LogP contribution is 2.40. The van der Waals surface area contributed by atoms with Crippen molar-refractivity contribution in [1.82, 2.24) is 15.1 Å². The summed E-state index contributed by atoms with van der Waals surface area (Å²) in [6, 6.07) is 6.70. The van der Waals surface area contributed by atoms with E-state index < -0.39 is 11.6 Å². The molecule has 0 radical (unpaired) electrons. The van der Waals surface area contributed by atoms with Gasteiger partial charge in [-0.25, -0.2) is 4.79 Å². The lowest BCUT2D eigenvalue weighted by Gasteiger charge is -2.33. The van der Waals surface area contributed by atoms with E-state index in [0.29, 0.717) is 49.3 Å². The number of hydrogen-bond acceptors (Lipinski definition) is 4. The quantitative estimate of drug-likeness (QED) is 0.760. The number of nitrogens with zero attached hydrogens (tertiary/aromatic N) is 2. The molecule has 1 fully saturated rings. The van der Waals surface area contributed by atoms with E-state index in [1.807, 2.05) is 39.8 Å². The van der Waals surface area contributed by atoms with Crippen LogP contribution in [0.5, 0.6) is 5.75 Å². The van der Waals surface area contributed by atoms with Gasteiger partial charge in [0.05, 0.1) is 6.61 Å². The van der Waals surface area contributed by atoms with Crippen LogP contribution in [0.1, 0.15) is 39.7 Å². The fourth-order valence-electron chi connectivity index (χ4n) is 3.91. The van der Waals surface area contributed by atoms with Gasteiger partial charge < -0.3 is 15.0 Å². The largest absolute Gasteiger partial charge is 0.493 e. The lowest BCUT2D eigenvalue weighted by atomic mass is 9.84. The Morgan fingerprint density at radius 2 is 1.82 bits per heavy atom. The maximum Gasteiger partial charge on any atom is 0.325 e. The zero-order chi connectivity index (χ0) is 20.5. The van der Waals surface area contributed by atoms with Crippen LogP contribution in [-0.4, -0.2) is 53.9 Å². The van der Waals surface area contributed by atoms with Crippen LogP contribution in [-0.2, 0) is 15.1 Å². The molecule has 0 unspecified atom stereocenters. The summed E-state index contributed by atoms with van der Waals surface area (Å²) < 4.78 is 5.64. The van der Waals surface area contributed by atoms with Gasteiger partial charge in [0.1, 0.15) is 12.3 Å². The second-order valence-electron chi connectivity index (χ2n) is 8.41. The van der Waals surface area contributed by atoms with Crippen LogP contribution in [0.15, 0.2) is 24.3 Å². The van der Waals surface area contributed by atoms with Gasteiger partial charge in [-0.1, -0.05) is 45.9 Å². The number of amides is 4. The number of imide groups is 1. The van der Waals surface area contributed by atoms with E-state index in [-0.39, 0.29) is 18.4 Å². The van der Waals surface area contributed by atoms with Crippen molar-refractivity contribution < 1.29 is 19.1 Å². The number of urea groups is 1. The Hall–Kier alpha value is -2.57. The Labute approximate surface area is 166 Å². The third kappa shape index (κ3) is 3.70. The number of para-hydroxylation sites is 1. The fraction of sp³-hybridized carbons (Fsp3) is 0.571. The summed E-state index contributed by atoms with van der Waals surface area (Å²) in [5, 5.41) is 2.84. The van der Waals surface area contributed by atoms with Crippen molar-refractivity contribution >= 4 is 17.8 Å². The molecule has 1 spiro atoms. The summed E-state index contributed by atoms with van der Waals surface area (Å²) >= 11 is 0. The minimum Gasteiger partial charge on any atom is -0.493 e. The van der Waals surface area contributed by atoms with E-state index >= 15 is 0 Å². The second kappa shape index (κ2) is 7.81. The molecule has 2 aliphatic heterocycles. The van der Waals surface area contributed by atoms with Gasteiger partial charge in [-0.05, 0) is 17.9 Å². The number of ether oxygens (including phenoxy) is 1. The maximum atomic E-state index is 13.3. The van der Waals surface area contributed by atoms with Gasteiger partial charge in [-0.15, -0.1) is 0 Å². The number of carbonyl (C=O) groups excluding carboxylic acids is 3. The molecule has 0 saturated carbocycles. The van der Waals surface area contributed by atoms with Crippen molar-refractivity contribution in [3.8, 4) is 5.75 Å². The molecule has 2 heterocycles. The van der Waals surface area contributed by atoms with E-state index in [1.54, 1.807) is 17.0 Å². The van der Waals surface area contributed by atoms with Gasteiger partial charge >= 0.3 is 6.03 Å². The number of benzene rings is 1. The van der Waals surface area contributed by atoms with Crippen molar-refractivity contribution in [1.29, 1.82) is 0 Å². The van der Waals surface area contributed by atoms with Crippen molar-refractivity contribution in [3.05, 3.63) is 29.8 Å². The molecule has 1 N–H and O–H groups in total. The Balaban J connectivity index is 1.82. The summed E-state index contributed by atoms with van der Waals surface area (Å²) in [6.07, 6.45) is 0.348. The lowest BCUT2D eigenvalue weighted by Crippen LogP contribution is -2.48. The van der Waals surface area contributed by atoms with Gasteiger partial charge in [-0.2, -0.15) is 0 Å². The fourth-order valence-corrected chi connectivity index (χ4v) is 3.91. The van der Waals surface area contributed by atoms with Crippen LogP contribution in [0.2, 0.25) is 0 Å². The van der Waals surface area contributed by atoms with Gasteiger partial charge in [0.15, 0.2) is 5.54 Å². The first-order valence-electron chi connectivity index (χ1n) is 9.89. The molecular formula is C21H29N3O4. The molecule has 7 nitrogen and oxygen atoms in total. The van der Waals surface area contributed by atoms with E-state index in [2.05, 4.69) is 5.32 Å². The molecule has 1 aromatic rings. The third-order valence-electron chi connectivity index (χ3n) is 5.07. The molecule has 0 aromatic heterocycles. The molecule has 1 aromatic carbocycles. The van der Waals surface area contributed by atoms with Gasteiger partial charge in [0.25, 0.3) is 5.91 Å². The number of carbonyl (C=O) groups is 3. The highest BCUT2D eigenvalue weighted by atomic mass is 16.5. The predicted octanol–water partition coefficient (Wildman–Crippen LogP) is 2.36. The highest BCUT2D eigenvalue weighted by Gasteiger charge is 2.55. The molecule has 1 atom stereocenters. The van der Waals surface area contributed by atoms with Crippen molar-refractivity contribution in [2.24, 2.45) is 11.8 Å². The summed E-state index contributed by atoms with van der Waals surface area (Å²) in [5.74, 6) is 0.620. The first-order chi connectivity index (χ1) is 13.2. The summed E-state index contributed by atoms with van der Waals surface area (Å²) in [7, 11) is 0. The zero-order valence-corrected chi connectivity index (χ0v) is 17.0. The van der Waals surface area contributed by atoms with Gasteiger partial charge in [0.2, 0.25) is 5.91 Å². The minimum atomic E-state index is -1.15. The average molecular weight is 387 g/mol. The molecule has 0 aliphatic carbocycles. The molecular weight excluding hydrogens is 358 g/mol. The highest BCUT2D eigenvalue weighted by molar-refractivity contribution is 6.09. The topological polar surface area (TPSA) is 79.0 Å². The van der Waals surface area contributed by atoms with Crippen molar-refractivity contribution in [3.63, 3.8) is 0 Å². The SMILES string of the molecule is CC(C)CN(CC(C)C)C(=O)CN1C(=O)N[C@@]2(CCOc3ccccc32)C1=O. The van der Waals surface area contributed by atoms with Gasteiger partial charge in [0, 0.05) is 25.1 Å². The number of nitrogens with one attached hydrogen (secondary N) is 1. The zero-order valence-electron chi connectivity index (χ0n) is 17.0. The van der Waals surface area contributed by atoms with Crippen LogP contribution < -0.4 is 10.1 Å². The van der Waals surface area contributed by atoms with E-state index in [0.717, 1.165) is 4.90 Å². The van der Waals surface area contributed by atoms with Crippen LogP contribution in [0, 0.1) is 11.8 Å². The number of hydrogen-bond donors (Lipinski definition) is 1. The maximum absolute atomic E-state index is 13.3. The lowest BCUT2D eigenvalue weighted by molar-refractivity contribution is -0.140. The monoisotopic (exact) mass is 387 g/mol. The second-order valence-corrected chi connectivity index (χ2v) is 8.41. The molecule has 2 aliphatic rings. The molecule has 7 heteroatoms. The van der Waals surface area contributed by atoms with E-state index in [1.165, 1.54) is 0 Å². The summed E-state index contributed by atoms with van der Waals surface area (Å²) in [6.45, 7) is 9.46. The van der Waals surface area contributed by atoms with E-state index in [9.17, 15) is 14.4 Å². The Morgan fingerprint density at radius 3 is 2.46 bits per heavy atom. The van der Waals surface area contributed by atoms with Crippen LogP contribution >= 0.6 is 0 Å². The van der Waals surface area contributed by atoms with Gasteiger partial charge in [-0.3, -0.25) is 14.5 Å². The molecule has 0 bridgehead atoms. The van der Waals surface area contributed by atoms with E-state index in [4.69, 9.17) is 4.74 Å². The van der Waals surface area contributed by atoms with Crippen LogP contribution in [0.3, 0.4) is 0 Å². The normalized spacial score (nSPS) is 21.1. The first-order valence-corrected chi connectivity index (χ1v) is 9.89. The Bertz CT molecular complexity index is 767. The summed E-state index contributed by atoms with van der Waals surface area (Å²) in [4.78, 5) is 41.6. The molecule has 1 saturated heterocycles. The molecule has 152 valence electrons. The number of rotatable bonds is 6. The van der Waals surface area contributed by atoms with Crippen LogP contribution in [0.4, 0.5) is 4.79 Å². The Kier molecular flexibility index (Phi) is 5.63. The smallest absolute Gasteiger partial charge is 0.325 e. The minimum absolute atomic E-state index is 0.205. The molecule has 3 rings (SSSR count). The average Bonchev–Trinajstić information content (AvgIpc) is 2.85. The predicted molar refractivity (Wildman–Crippen MR) is 105 cm³/mol. The first kappa shape index (κ1) is 20.2. The Morgan fingerprint density at radius 1 is 1.18 bits per heavy atom. The van der Waals surface area contributed by atoms with Crippen molar-refractivity contribution in [2.45, 2.75) is 39.7 Å². The molecule has 4 amide bonds. The third-order valence-corrected chi connectivity index (χ3v) is 5.07. The molecule has 28 heavy (non-hydrogen) atoms. The standard InChI is InChI=1S/C21H29N3O4/c1-14(2)11-23(12-15(3)4)18(25)13-24-19(26)21(22-20(24)27)9-10-28-17-8-6-5-7-16(17)21/h5-8,14-15H,9-13H2,1-4H3,(H,22,27)/t21-/m1/s1. The summed E-state index contributed by atoms with van der Waals surface area (Å²) in [5.41, 5.74) is -0.497. The number of fused-ring (bicyclic) bond motifs is 2. The van der Waals surface area contributed by atoms with Crippen molar-refractivity contribution in [2.75, 3.05) is 26.2 Å².